The van der Waals surface area contributed by atoms with Crippen LogP contribution in [0.1, 0.15) is 41.9 Å². The van der Waals surface area contributed by atoms with E-state index in [1.54, 1.807) is 12.1 Å². The molecule has 0 radical (unpaired) electrons. The minimum Gasteiger partial charge on any atom is -0.342 e. The zero-order valence-corrected chi connectivity index (χ0v) is 11.3. The van der Waals surface area contributed by atoms with Crippen molar-refractivity contribution in [2.24, 2.45) is 5.92 Å². The Morgan fingerprint density at radius 3 is 2.47 bits per heavy atom. The lowest BCUT2D eigenvalue weighted by atomic mass is 10.0. The van der Waals surface area contributed by atoms with Crippen molar-refractivity contribution < 1.29 is 4.79 Å². The van der Waals surface area contributed by atoms with E-state index >= 15 is 0 Å². The van der Waals surface area contributed by atoms with Crippen molar-refractivity contribution in [3.8, 4) is 0 Å². The second-order valence-electron chi connectivity index (χ2n) is 4.84. The molecule has 0 aliphatic rings. The van der Waals surface area contributed by atoms with Crippen LogP contribution < -0.4 is 5.32 Å². The fourth-order valence-electron chi connectivity index (χ4n) is 1.84. The zero-order valence-electron chi connectivity index (χ0n) is 11.3. The van der Waals surface area contributed by atoms with E-state index in [1.165, 1.54) is 0 Å². The maximum atomic E-state index is 12.2. The number of carbonyl (C=O) groups is 1. The van der Waals surface area contributed by atoms with Crippen molar-refractivity contribution in [3.63, 3.8) is 0 Å². The Morgan fingerprint density at radius 1 is 1.26 bits per heavy atom. The second-order valence-corrected chi connectivity index (χ2v) is 4.84. The van der Waals surface area contributed by atoms with E-state index in [0.717, 1.165) is 5.82 Å². The number of hydrogen-bond donors (Lipinski definition) is 2. The summed E-state index contributed by atoms with van der Waals surface area (Å²) in [5, 5.41) is 9.92. The summed E-state index contributed by atoms with van der Waals surface area (Å²) in [6.45, 7) is 5.90. The van der Waals surface area contributed by atoms with Crippen molar-refractivity contribution >= 4 is 5.91 Å². The minimum atomic E-state index is -0.197. The zero-order chi connectivity index (χ0) is 13.8. The molecular formula is C14H18N4O. The van der Waals surface area contributed by atoms with Gasteiger partial charge in [0.1, 0.15) is 5.82 Å². The summed E-state index contributed by atoms with van der Waals surface area (Å²) in [6, 6.07) is 8.95. The molecule has 2 N–H and O–H groups in total. The van der Waals surface area contributed by atoms with Crippen LogP contribution in [-0.2, 0) is 0 Å². The van der Waals surface area contributed by atoms with Gasteiger partial charge in [-0.3, -0.25) is 9.89 Å². The molecular weight excluding hydrogens is 240 g/mol. The van der Waals surface area contributed by atoms with Crippen molar-refractivity contribution in [1.82, 2.24) is 20.5 Å². The van der Waals surface area contributed by atoms with Gasteiger partial charge in [-0.15, -0.1) is 0 Å². The predicted molar refractivity (Wildman–Crippen MR) is 72.6 cm³/mol. The Kier molecular flexibility index (Phi) is 3.94. The van der Waals surface area contributed by atoms with Gasteiger partial charge in [-0.1, -0.05) is 32.0 Å². The van der Waals surface area contributed by atoms with Gasteiger partial charge >= 0.3 is 0 Å². The Morgan fingerprint density at radius 2 is 1.95 bits per heavy atom. The minimum absolute atomic E-state index is 0.109. The summed E-state index contributed by atoms with van der Waals surface area (Å²) in [6.07, 6.45) is 0. The molecule has 1 aromatic carbocycles. The molecule has 0 unspecified atom stereocenters. The van der Waals surface area contributed by atoms with E-state index in [9.17, 15) is 4.79 Å². The summed E-state index contributed by atoms with van der Waals surface area (Å²) in [5.74, 6) is 1.47. The van der Waals surface area contributed by atoms with Crippen LogP contribution in [0.4, 0.5) is 0 Å². The Bertz CT molecular complexity index is 548. The summed E-state index contributed by atoms with van der Waals surface area (Å²) in [7, 11) is 0. The molecule has 0 spiro atoms. The number of H-pyrrole nitrogens is 1. The Hall–Kier alpha value is -2.17. The first-order valence-electron chi connectivity index (χ1n) is 6.32. The highest BCUT2D eigenvalue weighted by molar-refractivity contribution is 5.94. The summed E-state index contributed by atoms with van der Waals surface area (Å²) >= 11 is 0. The molecule has 0 aliphatic carbocycles. The molecule has 1 amide bonds. The number of benzene rings is 1. The lowest BCUT2D eigenvalue weighted by Gasteiger charge is -2.19. The maximum Gasteiger partial charge on any atom is 0.251 e. The molecule has 5 heteroatoms. The van der Waals surface area contributed by atoms with Crippen LogP contribution in [0.15, 0.2) is 30.3 Å². The number of rotatable bonds is 4. The van der Waals surface area contributed by atoms with E-state index in [2.05, 4.69) is 20.5 Å². The molecule has 1 aromatic heterocycles. The van der Waals surface area contributed by atoms with Crippen LogP contribution in [0.2, 0.25) is 0 Å². The van der Waals surface area contributed by atoms with Crippen LogP contribution in [0.3, 0.4) is 0 Å². The second kappa shape index (κ2) is 5.65. The summed E-state index contributed by atoms with van der Waals surface area (Å²) in [5.41, 5.74) is 0.639. The Balaban J connectivity index is 2.16. The van der Waals surface area contributed by atoms with Crippen LogP contribution in [-0.4, -0.2) is 21.1 Å². The third-order valence-electron chi connectivity index (χ3n) is 2.88. The van der Waals surface area contributed by atoms with Crippen LogP contribution >= 0.6 is 0 Å². The van der Waals surface area contributed by atoms with Gasteiger partial charge < -0.3 is 5.32 Å². The first-order valence-corrected chi connectivity index (χ1v) is 6.32. The first-order chi connectivity index (χ1) is 9.08. The highest BCUT2D eigenvalue weighted by atomic mass is 16.1. The van der Waals surface area contributed by atoms with Gasteiger partial charge in [0.25, 0.3) is 5.91 Å². The average molecular weight is 258 g/mol. The number of aromatic nitrogens is 3. The van der Waals surface area contributed by atoms with Gasteiger partial charge in [-0.25, -0.2) is 4.98 Å². The number of aromatic amines is 1. The van der Waals surface area contributed by atoms with E-state index in [-0.39, 0.29) is 17.9 Å². The van der Waals surface area contributed by atoms with Crippen molar-refractivity contribution in [3.05, 3.63) is 47.5 Å². The first kappa shape index (κ1) is 13.3. The van der Waals surface area contributed by atoms with E-state index in [4.69, 9.17) is 0 Å². The molecule has 2 rings (SSSR count). The van der Waals surface area contributed by atoms with Crippen LogP contribution in [0.5, 0.6) is 0 Å². The standard InChI is InChI=1S/C14H18N4O/c1-9(2)12(13-15-10(3)17-18-13)16-14(19)11-7-5-4-6-8-11/h4-9,12H,1-3H3,(H,16,19)(H,15,17,18)/t12-/m1/s1. The van der Waals surface area contributed by atoms with Crippen LogP contribution in [0, 0.1) is 12.8 Å². The quantitative estimate of drug-likeness (QED) is 0.883. The molecule has 0 fully saturated rings. The monoisotopic (exact) mass is 258 g/mol. The summed E-state index contributed by atoms with van der Waals surface area (Å²) in [4.78, 5) is 16.5. The van der Waals surface area contributed by atoms with Gasteiger partial charge in [-0.05, 0) is 25.0 Å². The fraction of sp³-hybridized carbons (Fsp3) is 0.357. The number of aryl methyl sites for hydroxylation is 1. The molecule has 0 aliphatic heterocycles. The SMILES string of the molecule is Cc1nc([C@H](NC(=O)c2ccccc2)C(C)C)n[nH]1. The third kappa shape index (κ3) is 3.19. The lowest BCUT2D eigenvalue weighted by Crippen LogP contribution is -2.32. The molecule has 0 bridgehead atoms. The summed E-state index contributed by atoms with van der Waals surface area (Å²) < 4.78 is 0. The van der Waals surface area contributed by atoms with Crippen molar-refractivity contribution in [2.75, 3.05) is 0 Å². The van der Waals surface area contributed by atoms with Gasteiger partial charge in [0.2, 0.25) is 0 Å². The van der Waals surface area contributed by atoms with Crippen molar-refractivity contribution in [1.29, 1.82) is 0 Å². The van der Waals surface area contributed by atoms with E-state index in [0.29, 0.717) is 11.4 Å². The van der Waals surface area contributed by atoms with Gasteiger partial charge in [0, 0.05) is 5.56 Å². The Labute approximate surface area is 112 Å². The number of nitrogens with one attached hydrogen (secondary N) is 2. The van der Waals surface area contributed by atoms with Gasteiger partial charge in [0.05, 0.1) is 6.04 Å². The normalized spacial score (nSPS) is 12.4. The smallest absolute Gasteiger partial charge is 0.251 e. The molecule has 0 saturated carbocycles. The lowest BCUT2D eigenvalue weighted by molar-refractivity contribution is 0.0923. The number of amides is 1. The van der Waals surface area contributed by atoms with Gasteiger partial charge in [0.15, 0.2) is 5.82 Å². The molecule has 1 heterocycles. The number of hydrogen-bond acceptors (Lipinski definition) is 3. The molecule has 2 aromatic rings. The third-order valence-corrected chi connectivity index (χ3v) is 2.88. The van der Waals surface area contributed by atoms with Gasteiger partial charge in [-0.2, -0.15) is 5.10 Å². The predicted octanol–water partition coefficient (Wildman–Crippen LogP) is 2.24. The molecule has 19 heavy (non-hydrogen) atoms. The van der Waals surface area contributed by atoms with E-state index < -0.39 is 0 Å². The maximum absolute atomic E-state index is 12.2. The largest absolute Gasteiger partial charge is 0.342 e. The highest BCUT2D eigenvalue weighted by Crippen LogP contribution is 2.18. The van der Waals surface area contributed by atoms with Crippen LogP contribution in [0.25, 0.3) is 0 Å². The molecule has 1 atom stereocenters. The number of carbonyl (C=O) groups excluding carboxylic acids is 1. The fourth-order valence-corrected chi connectivity index (χ4v) is 1.84. The topological polar surface area (TPSA) is 70.7 Å². The molecule has 0 saturated heterocycles. The average Bonchev–Trinajstić information content (AvgIpc) is 2.82. The van der Waals surface area contributed by atoms with E-state index in [1.807, 2.05) is 39.0 Å². The molecule has 5 nitrogen and oxygen atoms in total. The number of nitrogens with zero attached hydrogens (tertiary/aromatic N) is 2. The van der Waals surface area contributed by atoms with Crippen molar-refractivity contribution in [2.45, 2.75) is 26.8 Å². The molecule has 100 valence electrons. The highest BCUT2D eigenvalue weighted by Gasteiger charge is 2.22.